The molecule has 0 saturated carbocycles. The lowest BCUT2D eigenvalue weighted by Crippen LogP contribution is -2.16. The van der Waals surface area contributed by atoms with Crippen molar-refractivity contribution in [1.29, 1.82) is 0 Å². The maximum Gasteiger partial charge on any atom is 0.227 e. The Morgan fingerprint density at radius 3 is 1.13 bits per heavy atom. The molecule has 0 amide bonds. The predicted molar refractivity (Wildman–Crippen MR) is 233 cm³/mol. The Labute approximate surface area is 341 Å². The quantitative estimate of drug-likeness (QED) is 0.160. The highest BCUT2D eigenvalue weighted by Crippen LogP contribution is 2.55. The van der Waals surface area contributed by atoms with Crippen molar-refractivity contribution >= 4 is 77.9 Å². The first-order valence-electron chi connectivity index (χ1n) is 19.5. The van der Waals surface area contributed by atoms with Gasteiger partial charge in [0.1, 0.15) is 11.0 Å². The van der Waals surface area contributed by atoms with Gasteiger partial charge in [-0.05, 0) is 95.7 Å². The van der Waals surface area contributed by atoms with Gasteiger partial charge in [0.25, 0.3) is 0 Å². The van der Waals surface area contributed by atoms with Crippen LogP contribution in [0, 0.1) is 0 Å². The van der Waals surface area contributed by atoms with E-state index in [0.717, 1.165) is 101 Å². The second-order valence-electron chi connectivity index (χ2n) is 14.7. The molecule has 2 aliphatic rings. The normalized spacial score (nSPS) is 12.9. The molecule has 60 heavy (non-hydrogen) atoms. The van der Waals surface area contributed by atoms with Crippen LogP contribution < -0.4 is 19.3 Å². The smallest absolute Gasteiger partial charge is 0.227 e. The van der Waals surface area contributed by atoms with E-state index in [-0.39, 0.29) is 0 Å². The Morgan fingerprint density at radius 2 is 0.750 bits per heavy atom. The first-order chi connectivity index (χ1) is 29.7. The summed E-state index contributed by atoms with van der Waals surface area (Å²) in [6, 6.07) is 49.2. The van der Waals surface area contributed by atoms with E-state index >= 15 is 0 Å². The van der Waals surface area contributed by atoms with Crippen molar-refractivity contribution in [3.8, 4) is 45.9 Å². The number of ether oxygens (including phenoxy) is 2. The van der Waals surface area contributed by atoms with Gasteiger partial charge in [-0.1, -0.05) is 60.7 Å². The van der Waals surface area contributed by atoms with Gasteiger partial charge in [0, 0.05) is 34.3 Å². The Balaban J connectivity index is 1.16. The number of aromatic nitrogens is 4. The first kappa shape index (κ1) is 32.6. The third-order valence-corrected chi connectivity index (χ3v) is 11.2. The zero-order valence-electron chi connectivity index (χ0n) is 31.5. The van der Waals surface area contributed by atoms with Crippen molar-refractivity contribution < 1.29 is 18.3 Å². The molecule has 10 nitrogen and oxygen atoms in total. The second-order valence-corrected chi connectivity index (χ2v) is 14.7. The minimum Gasteiger partial charge on any atom is -0.453 e. The molecular weight excluding hydrogens is 749 g/mol. The van der Waals surface area contributed by atoms with Crippen molar-refractivity contribution in [3.05, 3.63) is 170 Å². The van der Waals surface area contributed by atoms with Crippen molar-refractivity contribution in [2.24, 2.45) is 0 Å². The first-order valence-corrected chi connectivity index (χ1v) is 19.5. The van der Waals surface area contributed by atoms with Crippen LogP contribution in [0.5, 0.6) is 23.0 Å². The molecule has 2 aliphatic heterocycles. The highest BCUT2D eigenvalue weighted by atomic mass is 16.5. The Kier molecular flexibility index (Phi) is 6.78. The fourth-order valence-corrected chi connectivity index (χ4v) is 8.59. The number of fused-ring (bicyclic) bond motifs is 9. The molecule has 282 valence electrons. The lowest BCUT2D eigenvalue weighted by molar-refractivity contribution is 0.477. The molecular formula is C50H28N6O4. The average molecular weight is 777 g/mol. The van der Waals surface area contributed by atoms with Crippen molar-refractivity contribution in [2.45, 2.75) is 0 Å². The molecule has 13 rings (SSSR count). The Morgan fingerprint density at radius 1 is 0.367 bits per heavy atom. The second kappa shape index (κ2) is 12.5. The fourth-order valence-electron chi connectivity index (χ4n) is 8.59. The maximum atomic E-state index is 6.48. The summed E-state index contributed by atoms with van der Waals surface area (Å²) in [5.74, 6) is 3.97. The molecule has 0 atom stereocenters. The molecule has 7 aromatic carbocycles. The van der Waals surface area contributed by atoms with E-state index in [1.165, 1.54) is 0 Å². The molecule has 6 heterocycles. The molecule has 0 aliphatic carbocycles. The number of para-hydroxylation sites is 8. The van der Waals surface area contributed by atoms with E-state index in [9.17, 15) is 0 Å². The lowest BCUT2D eigenvalue weighted by atomic mass is 9.94. The number of hydrogen-bond donors (Lipinski definition) is 0. The number of rotatable bonds is 4. The molecule has 0 bridgehead atoms. The summed E-state index contributed by atoms with van der Waals surface area (Å²) in [5.41, 5.74) is 9.74. The molecule has 4 aromatic heterocycles. The van der Waals surface area contributed by atoms with Gasteiger partial charge in [0.05, 0.1) is 46.5 Å². The zero-order valence-corrected chi connectivity index (χ0v) is 31.5. The molecule has 0 N–H and O–H groups in total. The number of anilines is 6. The van der Waals surface area contributed by atoms with Crippen LogP contribution in [0.3, 0.4) is 0 Å². The van der Waals surface area contributed by atoms with Crippen LogP contribution >= 0.6 is 0 Å². The van der Waals surface area contributed by atoms with Crippen molar-refractivity contribution in [2.75, 3.05) is 9.80 Å². The molecule has 0 spiro atoms. The summed E-state index contributed by atoms with van der Waals surface area (Å²) in [5, 5.41) is 3.95. The number of nitrogens with zero attached hydrogens (tertiary/aromatic N) is 6. The van der Waals surface area contributed by atoms with Crippen LogP contribution in [0.25, 0.3) is 66.7 Å². The van der Waals surface area contributed by atoms with Crippen LogP contribution in [0.4, 0.5) is 34.1 Å². The number of benzene rings is 7. The maximum absolute atomic E-state index is 6.48. The van der Waals surface area contributed by atoms with Gasteiger partial charge in [-0.15, -0.1) is 0 Å². The van der Waals surface area contributed by atoms with Gasteiger partial charge in [-0.2, -0.15) is 0 Å². The van der Waals surface area contributed by atoms with Gasteiger partial charge in [-0.25, -0.2) is 9.97 Å². The van der Waals surface area contributed by atoms with Crippen LogP contribution in [0.2, 0.25) is 0 Å². The third kappa shape index (κ3) is 4.88. The summed E-state index contributed by atoms with van der Waals surface area (Å²) in [4.78, 5) is 23.1. The van der Waals surface area contributed by atoms with E-state index in [0.29, 0.717) is 22.9 Å². The number of oxazole rings is 2. The SMILES string of the molecule is c1ccc2c(c1)Oc1ccccc1N2c1cc(-c2nc3ccncc3o2)cc2c1ccc1c(N3c4ccccc4Oc4ccccc43)cc(-c3nc4ccncc4o3)cc12. The van der Waals surface area contributed by atoms with Gasteiger partial charge in [0.2, 0.25) is 11.8 Å². The minimum atomic E-state index is 0.479. The largest absolute Gasteiger partial charge is 0.453 e. The van der Waals surface area contributed by atoms with E-state index in [2.05, 4.69) is 80.4 Å². The number of hydrogen-bond acceptors (Lipinski definition) is 10. The van der Waals surface area contributed by atoms with Crippen molar-refractivity contribution in [1.82, 2.24) is 19.9 Å². The van der Waals surface area contributed by atoms with Gasteiger partial charge in [-0.3, -0.25) is 9.97 Å². The van der Waals surface area contributed by atoms with Gasteiger partial charge >= 0.3 is 0 Å². The van der Waals surface area contributed by atoms with Crippen molar-refractivity contribution in [3.63, 3.8) is 0 Å². The zero-order chi connectivity index (χ0) is 39.3. The molecule has 0 fully saturated rings. The molecule has 0 radical (unpaired) electrons. The molecule has 10 heteroatoms. The van der Waals surface area contributed by atoms with E-state index in [1.54, 1.807) is 24.8 Å². The highest BCUT2D eigenvalue weighted by Gasteiger charge is 2.31. The van der Waals surface area contributed by atoms with Gasteiger partial charge < -0.3 is 28.1 Å². The van der Waals surface area contributed by atoms with E-state index in [1.807, 2.05) is 84.9 Å². The van der Waals surface area contributed by atoms with Crippen LogP contribution in [-0.2, 0) is 0 Å². The topological polar surface area (TPSA) is 103 Å². The molecule has 0 saturated heterocycles. The molecule has 11 aromatic rings. The Hall–Kier alpha value is -8.50. The summed E-state index contributed by atoms with van der Waals surface area (Å²) < 4.78 is 25.9. The monoisotopic (exact) mass is 776 g/mol. The highest BCUT2D eigenvalue weighted by molar-refractivity contribution is 6.19. The minimum absolute atomic E-state index is 0.479. The Bertz CT molecular complexity index is 3170. The lowest BCUT2D eigenvalue weighted by Gasteiger charge is -2.34. The van der Waals surface area contributed by atoms with Crippen LogP contribution in [0.15, 0.2) is 179 Å². The van der Waals surface area contributed by atoms with Gasteiger partial charge in [0.15, 0.2) is 34.2 Å². The number of pyridine rings is 2. The van der Waals surface area contributed by atoms with Crippen LogP contribution in [-0.4, -0.2) is 19.9 Å². The average Bonchev–Trinajstić information content (AvgIpc) is 3.95. The summed E-state index contributed by atoms with van der Waals surface area (Å²) in [6.07, 6.45) is 6.85. The predicted octanol–water partition coefficient (Wildman–Crippen LogP) is 13.6. The standard InChI is InChI=1S/C50H28N6O4/c1-5-13-43-37(9-1)55(38-10-2-6-14-44(38)57-43)41-25-29(49-53-35-19-21-51-27-47(35)59-49)23-33-31(41)17-18-32-34(33)24-30(50-54-36-20-22-52-28-48(36)60-50)26-42(32)56-39-11-3-7-15-45(39)58-46-16-8-4-12-40(46)56/h1-28H. The third-order valence-electron chi connectivity index (χ3n) is 11.2. The fraction of sp³-hybridized carbons (Fsp3) is 0. The summed E-state index contributed by atoms with van der Waals surface area (Å²) >= 11 is 0. The van der Waals surface area contributed by atoms with E-state index in [4.69, 9.17) is 28.3 Å². The molecule has 0 unspecified atom stereocenters. The van der Waals surface area contributed by atoms with Crippen LogP contribution in [0.1, 0.15) is 0 Å². The summed E-state index contributed by atoms with van der Waals surface area (Å²) in [7, 11) is 0. The summed E-state index contributed by atoms with van der Waals surface area (Å²) in [6.45, 7) is 0. The van der Waals surface area contributed by atoms with E-state index < -0.39 is 0 Å².